The minimum absolute atomic E-state index is 0.0882. The topological polar surface area (TPSA) is 95.9 Å². The molecule has 6 nitrogen and oxygen atoms in total. The van der Waals surface area contributed by atoms with Crippen molar-refractivity contribution in [3.63, 3.8) is 0 Å². The normalized spacial score (nSPS) is 10.1. The Labute approximate surface area is 123 Å². The van der Waals surface area contributed by atoms with E-state index in [2.05, 4.69) is 5.32 Å². The van der Waals surface area contributed by atoms with Crippen LogP contribution in [0, 0.1) is 0 Å². The van der Waals surface area contributed by atoms with Gasteiger partial charge in [0.15, 0.2) is 0 Å². The van der Waals surface area contributed by atoms with E-state index in [0.29, 0.717) is 18.7 Å². The van der Waals surface area contributed by atoms with Crippen LogP contribution in [0.4, 0.5) is 0 Å². The van der Waals surface area contributed by atoms with Crippen LogP contribution < -0.4 is 10.1 Å². The van der Waals surface area contributed by atoms with Gasteiger partial charge >= 0.3 is 5.97 Å². The molecular weight excluding hydrogens is 274 g/mol. The lowest BCUT2D eigenvalue weighted by atomic mass is 10.1. The lowest BCUT2D eigenvalue weighted by molar-refractivity contribution is -0.137. The number of carbonyl (C=O) groups is 2. The van der Waals surface area contributed by atoms with E-state index in [9.17, 15) is 14.7 Å². The number of nitrogens with one attached hydrogen (secondary N) is 1. The molecule has 1 aromatic carbocycles. The van der Waals surface area contributed by atoms with Crippen molar-refractivity contribution >= 4 is 11.9 Å². The van der Waals surface area contributed by atoms with E-state index in [-0.39, 0.29) is 23.6 Å². The molecule has 6 heteroatoms. The summed E-state index contributed by atoms with van der Waals surface area (Å²) in [6.45, 7) is 0.489. The van der Waals surface area contributed by atoms with Crippen molar-refractivity contribution in [2.45, 2.75) is 32.1 Å². The first-order valence-corrected chi connectivity index (χ1v) is 6.91. The van der Waals surface area contributed by atoms with E-state index in [0.717, 1.165) is 19.3 Å². The first-order chi connectivity index (χ1) is 10.0. The summed E-state index contributed by atoms with van der Waals surface area (Å²) in [5.74, 6) is -0.713. The largest absolute Gasteiger partial charge is 0.507 e. The molecule has 0 aliphatic rings. The molecule has 0 saturated heterocycles. The molecule has 0 atom stereocenters. The standard InChI is InChI=1S/C15H21NO5/c1-21-11-7-8-13(17)12(10-11)15(20)16-9-5-3-2-4-6-14(18)19/h7-8,10,17H,2-6,9H2,1H3,(H,16,20)(H,18,19). The number of aromatic hydroxyl groups is 1. The number of hydrogen-bond acceptors (Lipinski definition) is 4. The smallest absolute Gasteiger partial charge is 0.303 e. The predicted molar refractivity (Wildman–Crippen MR) is 77.7 cm³/mol. The zero-order valence-corrected chi connectivity index (χ0v) is 12.1. The third-order valence-corrected chi connectivity index (χ3v) is 3.05. The number of carbonyl (C=O) groups excluding carboxylic acids is 1. The van der Waals surface area contributed by atoms with Crippen molar-refractivity contribution in [2.24, 2.45) is 0 Å². The zero-order chi connectivity index (χ0) is 15.7. The second-order valence-corrected chi connectivity index (χ2v) is 4.70. The molecule has 1 aromatic rings. The molecule has 0 aliphatic heterocycles. The highest BCUT2D eigenvalue weighted by molar-refractivity contribution is 5.97. The Kier molecular flexibility index (Phi) is 7.08. The Bertz CT molecular complexity index is 487. The van der Waals surface area contributed by atoms with Crippen molar-refractivity contribution in [1.29, 1.82) is 0 Å². The molecule has 0 heterocycles. The Balaban J connectivity index is 2.29. The maximum atomic E-state index is 11.9. The number of phenolic OH excluding ortho intramolecular Hbond substituents is 1. The Morgan fingerprint density at radius 1 is 1.19 bits per heavy atom. The zero-order valence-electron chi connectivity index (χ0n) is 12.1. The van der Waals surface area contributed by atoms with Gasteiger partial charge in [0.25, 0.3) is 5.91 Å². The molecule has 21 heavy (non-hydrogen) atoms. The van der Waals surface area contributed by atoms with Crippen LogP contribution in [0.25, 0.3) is 0 Å². The van der Waals surface area contributed by atoms with Crippen LogP contribution in [0.1, 0.15) is 42.5 Å². The maximum absolute atomic E-state index is 11.9. The van der Waals surface area contributed by atoms with Crippen molar-refractivity contribution < 1.29 is 24.5 Å². The molecular formula is C15H21NO5. The molecule has 3 N–H and O–H groups in total. The van der Waals surface area contributed by atoms with E-state index in [1.807, 2.05) is 0 Å². The second kappa shape index (κ2) is 8.84. The number of unbranched alkanes of at least 4 members (excludes halogenated alkanes) is 3. The summed E-state index contributed by atoms with van der Waals surface area (Å²) in [5.41, 5.74) is 0.181. The molecule has 0 saturated carbocycles. The lowest BCUT2D eigenvalue weighted by Crippen LogP contribution is -2.24. The van der Waals surface area contributed by atoms with Gasteiger partial charge in [0.2, 0.25) is 0 Å². The third kappa shape index (κ3) is 6.16. The van der Waals surface area contributed by atoms with Crippen LogP contribution in [0.5, 0.6) is 11.5 Å². The molecule has 1 rings (SSSR count). The van der Waals surface area contributed by atoms with E-state index in [1.165, 1.54) is 19.2 Å². The molecule has 0 spiro atoms. The number of methoxy groups -OCH3 is 1. The van der Waals surface area contributed by atoms with Gasteiger partial charge in [-0.1, -0.05) is 12.8 Å². The second-order valence-electron chi connectivity index (χ2n) is 4.70. The minimum Gasteiger partial charge on any atom is -0.507 e. The van der Waals surface area contributed by atoms with Crippen LogP contribution in [0.3, 0.4) is 0 Å². The SMILES string of the molecule is COc1ccc(O)c(C(=O)NCCCCCCC(=O)O)c1. The van der Waals surface area contributed by atoms with Gasteiger partial charge in [-0.2, -0.15) is 0 Å². The van der Waals surface area contributed by atoms with E-state index in [4.69, 9.17) is 9.84 Å². The molecule has 1 amide bonds. The van der Waals surface area contributed by atoms with E-state index < -0.39 is 5.97 Å². The van der Waals surface area contributed by atoms with Crippen LogP contribution >= 0.6 is 0 Å². The van der Waals surface area contributed by atoms with Crippen LogP contribution in [-0.4, -0.2) is 35.7 Å². The highest BCUT2D eigenvalue weighted by Gasteiger charge is 2.11. The number of carboxylic acids is 1. The number of amides is 1. The first-order valence-electron chi connectivity index (χ1n) is 6.91. The molecule has 0 bridgehead atoms. The fraction of sp³-hybridized carbons (Fsp3) is 0.467. The van der Waals surface area contributed by atoms with Gasteiger partial charge in [-0.25, -0.2) is 0 Å². The van der Waals surface area contributed by atoms with E-state index >= 15 is 0 Å². The van der Waals surface area contributed by atoms with Gasteiger partial charge in [0, 0.05) is 13.0 Å². The van der Waals surface area contributed by atoms with Gasteiger partial charge in [-0.3, -0.25) is 9.59 Å². The van der Waals surface area contributed by atoms with Crippen molar-refractivity contribution in [1.82, 2.24) is 5.32 Å². The maximum Gasteiger partial charge on any atom is 0.303 e. The van der Waals surface area contributed by atoms with Crippen molar-refractivity contribution in [3.8, 4) is 11.5 Å². The lowest BCUT2D eigenvalue weighted by Gasteiger charge is -2.08. The number of benzene rings is 1. The summed E-state index contributed by atoms with van der Waals surface area (Å²) < 4.78 is 5.01. The minimum atomic E-state index is -0.781. The summed E-state index contributed by atoms with van der Waals surface area (Å²) in [6.07, 6.45) is 3.30. The predicted octanol–water partition coefficient (Wildman–Crippen LogP) is 2.17. The van der Waals surface area contributed by atoms with E-state index in [1.54, 1.807) is 6.07 Å². The number of aliphatic carboxylic acids is 1. The Morgan fingerprint density at radius 2 is 1.90 bits per heavy atom. The fourth-order valence-electron chi connectivity index (χ4n) is 1.88. The van der Waals surface area contributed by atoms with Gasteiger partial charge in [0.1, 0.15) is 11.5 Å². The van der Waals surface area contributed by atoms with Crippen LogP contribution in [0.15, 0.2) is 18.2 Å². The molecule has 0 fully saturated rings. The quantitative estimate of drug-likeness (QED) is 0.607. The van der Waals surface area contributed by atoms with Crippen molar-refractivity contribution in [3.05, 3.63) is 23.8 Å². The molecule has 0 unspecified atom stereocenters. The highest BCUT2D eigenvalue weighted by atomic mass is 16.5. The Hall–Kier alpha value is -2.24. The number of hydrogen-bond donors (Lipinski definition) is 3. The van der Waals surface area contributed by atoms with Gasteiger partial charge in [-0.05, 0) is 31.0 Å². The number of rotatable bonds is 9. The Morgan fingerprint density at radius 3 is 2.57 bits per heavy atom. The number of phenols is 1. The summed E-state index contributed by atoms with van der Waals surface area (Å²) in [7, 11) is 1.49. The molecule has 0 aromatic heterocycles. The molecule has 0 aliphatic carbocycles. The van der Waals surface area contributed by atoms with Gasteiger partial charge in [0.05, 0.1) is 12.7 Å². The van der Waals surface area contributed by atoms with Crippen molar-refractivity contribution in [2.75, 3.05) is 13.7 Å². The monoisotopic (exact) mass is 295 g/mol. The summed E-state index contributed by atoms with van der Waals surface area (Å²) in [6, 6.07) is 4.48. The average Bonchev–Trinajstić information content (AvgIpc) is 2.46. The first kappa shape index (κ1) is 16.8. The number of carboxylic acid groups (broad SMARTS) is 1. The summed E-state index contributed by atoms with van der Waals surface area (Å²) in [4.78, 5) is 22.2. The number of ether oxygens (including phenoxy) is 1. The van der Waals surface area contributed by atoms with Crippen LogP contribution in [0.2, 0.25) is 0 Å². The summed E-state index contributed by atoms with van der Waals surface area (Å²) >= 11 is 0. The fourth-order valence-corrected chi connectivity index (χ4v) is 1.88. The van der Waals surface area contributed by atoms with Gasteiger partial charge in [-0.15, -0.1) is 0 Å². The van der Waals surface area contributed by atoms with Crippen LogP contribution in [-0.2, 0) is 4.79 Å². The molecule has 116 valence electrons. The summed E-state index contributed by atoms with van der Waals surface area (Å²) in [5, 5.41) is 20.9. The third-order valence-electron chi connectivity index (χ3n) is 3.05. The highest BCUT2D eigenvalue weighted by Crippen LogP contribution is 2.22. The molecule has 0 radical (unpaired) electrons. The van der Waals surface area contributed by atoms with Gasteiger partial charge < -0.3 is 20.3 Å². The average molecular weight is 295 g/mol.